The Morgan fingerprint density at radius 2 is 1.34 bits per heavy atom. The smallest absolute Gasteiger partial charge is 0.236 e. The molecule has 0 saturated heterocycles. The summed E-state index contributed by atoms with van der Waals surface area (Å²) in [6, 6.07) is 6.31. The predicted molar refractivity (Wildman–Crippen MR) is 148 cm³/mol. The minimum Gasteiger partial charge on any atom is -0.508 e. The number of hydrogen-bond acceptors (Lipinski definition) is 5. The Morgan fingerprint density at radius 1 is 0.829 bits per heavy atom. The molecule has 1 aromatic carbocycles. The van der Waals surface area contributed by atoms with E-state index in [4.69, 9.17) is 4.74 Å². The van der Waals surface area contributed by atoms with Gasteiger partial charge in [-0.25, -0.2) is 0 Å². The number of ether oxygens (including phenoxy) is 1. The molecule has 2 N–H and O–H groups in total. The Balaban J connectivity index is 1.89. The molecule has 6 heteroatoms. The number of aromatic hydroxyl groups is 1. The van der Waals surface area contributed by atoms with E-state index in [1.165, 1.54) is 102 Å². The van der Waals surface area contributed by atoms with Crippen molar-refractivity contribution in [2.45, 2.75) is 122 Å². The molecule has 0 heterocycles. The summed E-state index contributed by atoms with van der Waals surface area (Å²) in [5.41, 5.74) is 0. The summed E-state index contributed by atoms with van der Waals surface area (Å²) in [6.45, 7) is 4.62. The number of amides is 2. The van der Waals surface area contributed by atoms with Crippen molar-refractivity contribution in [2.75, 3.05) is 12.4 Å². The van der Waals surface area contributed by atoms with Gasteiger partial charge in [-0.05, 0) is 30.7 Å². The topological polar surface area (TPSA) is 75.6 Å². The lowest BCUT2D eigenvalue weighted by molar-refractivity contribution is -0.129. The van der Waals surface area contributed by atoms with Crippen LogP contribution in [0.25, 0.3) is 0 Å². The molecule has 0 radical (unpaired) electrons. The summed E-state index contributed by atoms with van der Waals surface area (Å²) in [5.74, 6) is 0.489. The fourth-order valence-corrected chi connectivity index (χ4v) is 4.83. The molecular weight excluding hydrogens is 458 g/mol. The van der Waals surface area contributed by atoms with Crippen LogP contribution in [0.5, 0.6) is 11.5 Å². The fraction of sp³-hybridized carbons (Fsp3) is 0.724. The molecule has 1 unspecified atom stereocenters. The summed E-state index contributed by atoms with van der Waals surface area (Å²) < 4.78 is 5.44. The van der Waals surface area contributed by atoms with Crippen molar-refractivity contribution >= 4 is 23.6 Å². The maximum absolute atomic E-state index is 12.0. The summed E-state index contributed by atoms with van der Waals surface area (Å²) >= 11 is 1.61. The molecule has 35 heavy (non-hydrogen) atoms. The van der Waals surface area contributed by atoms with E-state index in [0.717, 1.165) is 6.42 Å². The van der Waals surface area contributed by atoms with Gasteiger partial charge in [0.1, 0.15) is 11.5 Å². The van der Waals surface area contributed by atoms with E-state index >= 15 is 0 Å². The molecule has 0 aliphatic rings. The van der Waals surface area contributed by atoms with E-state index in [1.54, 1.807) is 23.9 Å². The van der Waals surface area contributed by atoms with Crippen LogP contribution in [0, 0.1) is 0 Å². The van der Waals surface area contributed by atoms with Crippen LogP contribution in [-0.4, -0.2) is 34.5 Å². The summed E-state index contributed by atoms with van der Waals surface area (Å²) in [5, 5.41) is 12.1. The highest BCUT2D eigenvalue weighted by Gasteiger charge is 2.11. The lowest BCUT2D eigenvalue weighted by atomic mass is 10.0. The van der Waals surface area contributed by atoms with Crippen LogP contribution in [0.2, 0.25) is 0 Å². The van der Waals surface area contributed by atoms with Gasteiger partial charge in [-0.15, -0.1) is 11.8 Å². The van der Waals surface area contributed by atoms with Gasteiger partial charge in [-0.2, -0.15) is 0 Å². The minimum atomic E-state index is -0.325. The zero-order valence-corrected chi connectivity index (χ0v) is 23.0. The number of unbranched alkanes of at least 4 members (excludes halogenated alkanes) is 13. The molecule has 2 amide bonds. The second-order valence-corrected chi connectivity index (χ2v) is 11.0. The van der Waals surface area contributed by atoms with Crippen molar-refractivity contribution in [3.63, 3.8) is 0 Å². The minimum absolute atomic E-state index is 0.117. The molecule has 0 bridgehead atoms. The van der Waals surface area contributed by atoms with Crippen molar-refractivity contribution in [1.82, 2.24) is 5.32 Å². The number of thioether (sulfide) groups is 1. The van der Waals surface area contributed by atoms with Gasteiger partial charge < -0.3 is 9.84 Å². The van der Waals surface area contributed by atoms with Crippen molar-refractivity contribution in [3.8, 4) is 11.5 Å². The summed E-state index contributed by atoms with van der Waals surface area (Å²) in [4.78, 5) is 23.9. The zero-order valence-electron chi connectivity index (χ0n) is 22.2. The van der Waals surface area contributed by atoms with Crippen molar-refractivity contribution in [3.05, 3.63) is 24.3 Å². The zero-order chi connectivity index (χ0) is 25.6. The molecule has 0 aliphatic carbocycles. The Labute approximate surface area is 218 Å². The van der Waals surface area contributed by atoms with Crippen molar-refractivity contribution in [2.24, 2.45) is 0 Å². The highest BCUT2D eigenvalue weighted by atomic mass is 32.2. The number of rotatable bonds is 22. The lowest BCUT2D eigenvalue weighted by Crippen LogP contribution is -2.33. The number of phenolic OH excluding ortho intramolecular Hbond substituents is 1. The molecule has 0 aromatic heterocycles. The number of carbonyl (C=O) groups is 2. The van der Waals surface area contributed by atoms with Crippen LogP contribution in [0.15, 0.2) is 24.3 Å². The first-order valence-electron chi connectivity index (χ1n) is 13.9. The highest BCUT2D eigenvalue weighted by Crippen LogP contribution is 2.19. The van der Waals surface area contributed by atoms with Gasteiger partial charge in [0.05, 0.1) is 18.8 Å². The molecule has 1 atom stereocenters. The second kappa shape index (κ2) is 21.6. The first-order valence-corrected chi connectivity index (χ1v) is 14.9. The standard InChI is InChI=1S/C29H49NO4S/c1-3-4-5-6-7-8-9-10-11-12-13-14-15-16-17-25(2)35-24-29(33)30-28(32)22-23-34-27-20-18-26(31)19-21-27/h18-21,25,31H,3-17,22-24H2,1-2H3,(H,30,32,33). The third-order valence-electron chi connectivity index (χ3n) is 6.18. The van der Waals surface area contributed by atoms with Gasteiger partial charge in [0.25, 0.3) is 0 Å². The van der Waals surface area contributed by atoms with Gasteiger partial charge in [0.15, 0.2) is 0 Å². The van der Waals surface area contributed by atoms with Gasteiger partial charge in [-0.1, -0.05) is 104 Å². The monoisotopic (exact) mass is 507 g/mol. The van der Waals surface area contributed by atoms with E-state index < -0.39 is 0 Å². The normalized spacial score (nSPS) is 11.8. The maximum atomic E-state index is 12.0. The summed E-state index contributed by atoms with van der Waals surface area (Å²) in [7, 11) is 0. The van der Waals surface area contributed by atoms with E-state index in [2.05, 4.69) is 19.2 Å². The number of carbonyl (C=O) groups excluding carboxylic acids is 2. The third-order valence-corrected chi connectivity index (χ3v) is 7.41. The fourth-order valence-electron chi connectivity index (χ4n) is 3.99. The molecule has 1 rings (SSSR count). The van der Waals surface area contributed by atoms with Gasteiger partial charge >= 0.3 is 0 Å². The predicted octanol–water partition coefficient (Wildman–Crippen LogP) is 7.80. The van der Waals surface area contributed by atoms with Crippen LogP contribution in [0.3, 0.4) is 0 Å². The first-order chi connectivity index (χ1) is 17.0. The molecule has 0 saturated carbocycles. The number of imide groups is 1. The number of benzene rings is 1. The maximum Gasteiger partial charge on any atom is 0.236 e. The number of nitrogens with one attached hydrogen (secondary N) is 1. The Hall–Kier alpha value is -1.69. The van der Waals surface area contributed by atoms with E-state index in [1.807, 2.05) is 0 Å². The Bertz CT molecular complexity index is 665. The molecule has 0 spiro atoms. The van der Waals surface area contributed by atoms with E-state index in [9.17, 15) is 14.7 Å². The number of phenols is 1. The first kappa shape index (κ1) is 31.3. The summed E-state index contributed by atoms with van der Waals surface area (Å²) in [6.07, 6.45) is 20.4. The van der Waals surface area contributed by atoms with Crippen LogP contribution in [0.4, 0.5) is 0 Å². The van der Waals surface area contributed by atoms with Crippen molar-refractivity contribution in [1.29, 1.82) is 0 Å². The van der Waals surface area contributed by atoms with Crippen LogP contribution in [0.1, 0.15) is 117 Å². The molecule has 5 nitrogen and oxygen atoms in total. The SMILES string of the molecule is CCCCCCCCCCCCCCCCC(C)SCC(=O)NC(=O)CCOc1ccc(O)cc1. The Kier molecular flexibility index (Phi) is 19.3. The lowest BCUT2D eigenvalue weighted by Gasteiger charge is -2.11. The average Bonchev–Trinajstić information content (AvgIpc) is 2.84. The molecule has 1 aromatic rings. The van der Waals surface area contributed by atoms with Gasteiger partial charge in [0, 0.05) is 5.25 Å². The van der Waals surface area contributed by atoms with Crippen LogP contribution >= 0.6 is 11.8 Å². The van der Waals surface area contributed by atoms with Crippen LogP contribution in [-0.2, 0) is 9.59 Å². The molecule has 0 aliphatic heterocycles. The van der Waals surface area contributed by atoms with Crippen molar-refractivity contribution < 1.29 is 19.4 Å². The molecule has 0 fully saturated rings. The van der Waals surface area contributed by atoms with Gasteiger partial charge in [0.2, 0.25) is 11.8 Å². The van der Waals surface area contributed by atoms with E-state index in [-0.39, 0.29) is 30.6 Å². The number of hydrogen-bond donors (Lipinski definition) is 2. The average molecular weight is 508 g/mol. The third kappa shape index (κ3) is 19.2. The van der Waals surface area contributed by atoms with E-state index in [0.29, 0.717) is 16.8 Å². The van der Waals surface area contributed by atoms with Crippen LogP contribution < -0.4 is 10.1 Å². The quantitative estimate of drug-likeness (QED) is 0.157. The largest absolute Gasteiger partial charge is 0.508 e. The molecule has 200 valence electrons. The second-order valence-electron chi connectivity index (χ2n) is 9.57. The molecular formula is C29H49NO4S. The van der Waals surface area contributed by atoms with Gasteiger partial charge in [-0.3, -0.25) is 14.9 Å². The Morgan fingerprint density at radius 3 is 1.89 bits per heavy atom. The highest BCUT2D eigenvalue weighted by molar-refractivity contribution is 8.00.